The van der Waals surface area contributed by atoms with Gasteiger partial charge in [0.15, 0.2) is 5.78 Å². The van der Waals surface area contributed by atoms with Gasteiger partial charge in [-0.1, -0.05) is 37.3 Å². The smallest absolute Gasteiger partial charge is 0.167 e. The number of aromatic nitrogens is 2. The van der Waals surface area contributed by atoms with E-state index in [-0.39, 0.29) is 11.8 Å². The van der Waals surface area contributed by atoms with Crippen molar-refractivity contribution in [3.63, 3.8) is 0 Å². The van der Waals surface area contributed by atoms with Crippen molar-refractivity contribution in [2.45, 2.75) is 52.1 Å². The molecule has 5 heteroatoms. The van der Waals surface area contributed by atoms with Crippen LogP contribution in [0, 0.1) is 11.8 Å². The monoisotopic (exact) mass is 430 g/mol. The minimum Gasteiger partial charge on any atom is -0.378 e. The summed E-state index contributed by atoms with van der Waals surface area (Å²) in [6.45, 7) is 6.54. The van der Waals surface area contributed by atoms with Crippen LogP contribution in [0.15, 0.2) is 61.1 Å². The molecule has 0 saturated carbocycles. The highest BCUT2D eigenvalue weighted by molar-refractivity contribution is 6.06. The lowest BCUT2D eigenvalue weighted by Gasteiger charge is -2.26. The first-order chi connectivity index (χ1) is 15.4. The maximum atomic E-state index is 13.4. The van der Waals surface area contributed by atoms with Crippen molar-refractivity contribution in [3.05, 3.63) is 72.4 Å². The van der Waals surface area contributed by atoms with Crippen LogP contribution >= 0.6 is 0 Å². The molecular weight excluding hydrogens is 396 g/mol. The molecule has 3 atom stereocenters. The summed E-state index contributed by atoms with van der Waals surface area (Å²) in [5, 5.41) is 3.69. The fraction of sp³-hybridized carbons (Fsp3) is 0.407. The number of nitrogens with one attached hydrogen (secondary N) is 2. The number of hydrogen-bond donors (Lipinski definition) is 2. The molecule has 0 fully saturated rings. The number of nitrogens with zero attached hydrogens (tertiary/aromatic N) is 2. The molecule has 2 heterocycles. The summed E-state index contributed by atoms with van der Waals surface area (Å²) in [7, 11) is 2.09. The summed E-state index contributed by atoms with van der Waals surface area (Å²) in [6.07, 6.45) is 18.8. The fourth-order valence-electron chi connectivity index (χ4n) is 4.44. The van der Waals surface area contributed by atoms with Gasteiger partial charge in [0.05, 0.1) is 23.0 Å². The Morgan fingerprint density at radius 1 is 1.22 bits per heavy atom. The van der Waals surface area contributed by atoms with E-state index in [0.717, 1.165) is 41.0 Å². The van der Waals surface area contributed by atoms with Crippen LogP contribution in [0.3, 0.4) is 0 Å². The van der Waals surface area contributed by atoms with Crippen LogP contribution < -0.4 is 5.32 Å². The molecule has 2 aliphatic carbocycles. The minimum absolute atomic E-state index is 0.153. The summed E-state index contributed by atoms with van der Waals surface area (Å²) in [5.74, 6) is 0.898. The molecule has 32 heavy (non-hydrogen) atoms. The van der Waals surface area contributed by atoms with Gasteiger partial charge in [0.1, 0.15) is 0 Å². The number of aromatic amines is 1. The Labute approximate surface area is 191 Å². The molecule has 3 unspecified atom stereocenters. The van der Waals surface area contributed by atoms with Crippen LogP contribution in [-0.4, -0.2) is 39.8 Å². The number of carbonyl (C=O) groups excluding carboxylic acids is 1. The Kier molecular flexibility index (Phi) is 6.63. The predicted octanol–water partition coefficient (Wildman–Crippen LogP) is 5.61. The van der Waals surface area contributed by atoms with Gasteiger partial charge in [-0.15, -0.1) is 0 Å². The van der Waals surface area contributed by atoms with E-state index >= 15 is 0 Å². The summed E-state index contributed by atoms with van der Waals surface area (Å²) < 4.78 is 0. The van der Waals surface area contributed by atoms with Crippen molar-refractivity contribution < 1.29 is 4.79 Å². The first-order valence-electron chi connectivity index (χ1n) is 11.6. The second-order valence-electron chi connectivity index (χ2n) is 9.34. The SMILES string of the molecule is CC1C=CC=CC1Nc1c(-c2ccncc2)[nH]c2c1C(=O)CC(C/C=C/N(C)C(C)C)C2. The Morgan fingerprint density at radius 2 is 1.97 bits per heavy atom. The molecule has 0 aromatic carbocycles. The zero-order chi connectivity index (χ0) is 22.7. The van der Waals surface area contributed by atoms with Crippen LogP contribution in [0.1, 0.15) is 49.7 Å². The van der Waals surface area contributed by atoms with Crippen molar-refractivity contribution in [1.29, 1.82) is 0 Å². The van der Waals surface area contributed by atoms with E-state index in [0.29, 0.717) is 24.3 Å². The predicted molar refractivity (Wildman–Crippen MR) is 132 cm³/mol. The highest BCUT2D eigenvalue weighted by Gasteiger charge is 2.32. The fourth-order valence-corrected chi connectivity index (χ4v) is 4.44. The molecule has 0 spiro atoms. The average molecular weight is 431 g/mol. The van der Waals surface area contributed by atoms with Crippen LogP contribution in [0.5, 0.6) is 0 Å². The number of H-pyrrole nitrogens is 1. The number of rotatable bonds is 7. The van der Waals surface area contributed by atoms with Crippen molar-refractivity contribution >= 4 is 11.5 Å². The molecule has 2 aromatic rings. The van der Waals surface area contributed by atoms with E-state index < -0.39 is 0 Å². The molecule has 2 N–H and O–H groups in total. The number of fused-ring (bicyclic) bond motifs is 1. The zero-order valence-corrected chi connectivity index (χ0v) is 19.5. The zero-order valence-electron chi connectivity index (χ0n) is 19.5. The van der Waals surface area contributed by atoms with Crippen LogP contribution in [-0.2, 0) is 6.42 Å². The highest BCUT2D eigenvalue weighted by Crippen LogP contribution is 2.40. The maximum absolute atomic E-state index is 13.4. The molecular formula is C27H34N4O. The largest absolute Gasteiger partial charge is 0.378 e. The Bertz CT molecular complexity index is 1030. The molecule has 168 valence electrons. The number of anilines is 1. The van der Waals surface area contributed by atoms with E-state index in [4.69, 9.17) is 0 Å². The van der Waals surface area contributed by atoms with Crippen molar-refractivity contribution in [2.75, 3.05) is 12.4 Å². The first kappa shape index (κ1) is 22.1. The average Bonchev–Trinajstić information content (AvgIpc) is 3.14. The number of carbonyl (C=O) groups is 1. The molecule has 0 aliphatic heterocycles. The molecule has 5 nitrogen and oxygen atoms in total. The van der Waals surface area contributed by atoms with Gasteiger partial charge >= 0.3 is 0 Å². The van der Waals surface area contributed by atoms with Gasteiger partial charge in [-0.3, -0.25) is 9.78 Å². The van der Waals surface area contributed by atoms with Crippen molar-refractivity contribution in [2.24, 2.45) is 11.8 Å². The van der Waals surface area contributed by atoms with Gasteiger partial charge in [-0.25, -0.2) is 0 Å². The molecule has 2 aromatic heterocycles. The summed E-state index contributed by atoms with van der Waals surface area (Å²) in [5.41, 5.74) is 4.85. The number of pyridine rings is 1. The van der Waals surface area contributed by atoms with Gasteiger partial charge in [0.2, 0.25) is 0 Å². The van der Waals surface area contributed by atoms with Crippen molar-refractivity contribution in [1.82, 2.24) is 14.9 Å². The van der Waals surface area contributed by atoms with E-state index in [1.165, 1.54) is 0 Å². The highest BCUT2D eigenvalue weighted by atomic mass is 16.1. The molecule has 0 saturated heterocycles. The second-order valence-corrected chi connectivity index (χ2v) is 9.34. The van der Waals surface area contributed by atoms with E-state index in [1.807, 2.05) is 12.1 Å². The third-order valence-electron chi connectivity index (χ3n) is 6.64. The first-order valence-corrected chi connectivity index (χ1v) is 11.6. The number of ketones is 1. The van der Waals surface area contributed by atoms with Gasteiger partial charge in [0, 0.05) is 43.2 Å². The van der Waals surface area contributed by atoms with E-state index in [2.05, 4.69) is 84.6 Å². The lowest BCUT2D eigenvalue weighted by atomic mass is 9.84. The van der Waals surface area contributed by atoms with Crippen molar-refractivity contribution in [3.8, 4) is 11.3 Å². The lowest BCUT2D eigenvalue weighted by Crippen LogP contribution is -2.27. The Balaban J connectivity index is 1.63. The van der Waals surface area contributed by atoms with Gasteiger partial charge < -0.3 is 15.2 Å². The van der Waals surface area contributed by atoms with E-state index in [1.54, 1.807) is 12.4 Å². The number of Topliss-reactive ketones (excluding diaryl/α,β-unsaturated/α-hetero) is 1. The summed E-state index contributed by atoms with van der Waals surface area (Å²) in [6, 6.07) is 4.61. The molecule has 0 radical (unpaired) electrons. The quantitative estimate of drug-likeness (QED) is 0.599. The van der Waals surface area contributed by atoms with Crippen LogP contribution in [0.25, 0.3) is 11.3 Å². The third-order valence-corrected chi connectivity index (χ3v) is 6.64. The summed E-state index contributed by atoms with van der Waals surface area (Å²) >= 11 is 0. The molecule has 0 bridgehead atoms. The molecule has 0 amide bonds. The second kappa shape index (κ2) is 9.60. The molecule has 2 aliphatic rings. The minimum atomic E-state index is 0.153. The lowest BCUT2D eigenvalue weighted by molar-refractivity contribution is 0.0950. The topological polar surface area (TPSA) is 61.0 Å². The van der Waals surface area contributed by atoms with Crippen LogP contribution in [0.4, 0.5) is 5.69 Å². The van der Waals surface area contributed by atoms with Gasteiger partial charge in [-0.05, 0) is 56.9 Å². The summed E-state index contributed by atoms with van der Waals surface area (Å²) in [4.78, 5) is 23.3. The number of allylic oxidation sites excluding steroid dienone is 3. The van der Waals surface area contributed by atoms with Gasteiger partial charge in [0.25, 0.3) is 0 Å². The standard InChI is InChI=1S/C27H34N4O/c1-18(2)31(4)15-7-9-20-16-23-25(24(32)17-20)27(29-22-10-6-5-8-19(22)3)26(30-23)21-11-13-28-14-12-21/h5-8,10-15,18-20,22,29-30H,9,16-17H2,1-4H3/b15-7+. The maximum Gasteiger partial charge on any atom is 0.167 e. The van der Waals surface area contributed by atoms with E-state index in [9.17, 15) is 4.79 Å². The Morgan fingerprint density at radius 3 is 2.69 bits per heavy atom. The molecule has 4 rings (SSSR count). The number of hydrogen-bond acceptors (Lipinski definition) is 4. The third kappa shape index (κ3) is 4.72. The normalized spacial score (nSPS) is 22.5. The van der Waals surface area contributed by atoms with Gasteiger partial charge in [-0.2, -0.15) is 0 Å². The Hall–Kier alpha value is -3.08. The van der Waals surface area contributed by atoms with Crippen LogP contribution in [0.2, 0.25) is 0 Å².